The minimum atomic E-state index is -3.57. The summed E-state index contributed by atoms with van der Waals surface area (Å²) >= 11 is 0. The number of rotatable bonds is 2. The van der Waals surface area contributed by atoms with E-state index >= 15 is 0 Å². The molecule has 1 aromatic rings. The van der Waals surface area contributed by atoms with Crippen molar-refractivity contribution >= 4 is 10.0 Å². The lowest BCUT2D eigenvalue weighted by Crippen LogP contribution is -2.47. The Kier molecular flexibility index (Phi) is 3.90. The minimum absolute atomic E-state index is 0.191. The number of ether oxygens (including phenoxy) is 1. The number of hydrogen-bond donors (Lipinski definition) is 0. The van der Waals surface area contributed by atoms with Gasteiger partial charge in [-0.05, 0) is 31.5 Å². The molecular formula is C13H16N2O3S. The largest absolute Gasteiger partial charge is 0.378 e. The van der Waals surface area contributed by atoms with Crippen LogP contribution in [0, 0.1) is 18.3 Å². The molecule has 1 unspecified atom stereocenters. The van der Waals surface area contributed by atoms with Crippen LogP contribution in [-0.2, 0) is 14.8 Å². The first kappa shape index (κ1) is 14.0. The van der Waals surface area contributed by atoms with Crippen LogP contribution in [0.25, 0.3) is 0 Å². The Morgan fingerprint density at radius 2 is 2.21 bits per heavy atom. The van der Waals surface area contributed by atoms with Gasteiger partial charge in [0.2, 0.25) is 10.0 Å². The molecule has 0 aromatic heterocycles. The van der Waals surface area contributed by atoms with Crippen molar-refractivity contribution in [2.75, 3.05) is 19.8 Å². The second kappa shape index (κ2) is 5.29. The zero-order valence-electron chi connectivity index (χ0n) is 11.0. The Morgan fingerprint density at radius 3 is 2.84 bits per heavy atom. The summed E-state index contributed by atoms with van der Waals surface area (Å²) in [4.78, 5) is 0.209. The number of nitrogens with zero attached hydrogens (tertiary/aromatic N) is 2. The molecule has 19 heavy (non-hydrogen) atoms. The topological polar surface area (TPSA) is 70.4 Å². The van der Waals surface area contributed by atoms with E-state index in [0.29, 0.717) is 30.9 Å². The third kappa shape index (κ3) is 2.63. The van der Waals surface area contributed by atoms with E-state index in [9.17, 15) is 8.42 Å². The van der Waals surface area contributed by atoms with Gasteiger partial charge in [-0.2, -0.15) is 9.57 Å². The van der Waals surface area contributed by atoms with Crippen LogP contribution in [0.15, 0.2) is 23.1 Å². The fourth-order valence-electron chi connectivity index (χ4n) is 2.14. The van der Waals surface area contributed by atoms with Gasteiger partial charge >= 0.3 is 0 Å². The molecule has 1 atom stereocenters. The molecule has 0 saturated carbocycles. The predicted molar refractivity (Wildman–Crippen MR) is 70.1 cm³/mol. The normalized spacial score (nSPS) is 21.0. The zero-order valence-corrected chi connectivity index (χ0v) is 11.8. The summed E-state index contributed by atoms with van der Waals surface area (Å²) in [5.74, 6) is 0. The van der Waals surface area contributed by atoms with Crippen molar-refractivity contribution < 1.29 is 13.2 Å². The smallest absolute Gasteiger partial charge is 0.243 e. The highest BCUT2D eigenvalue weighted by Crippen LogP contribution is 2.24. The van der Waals surface area contributed by atoms with Gasteiger partial charge in [-0.1, -0.05) is 6.07 Å². The lowest BCUT2D eigenvalue weighted by atomic mass is 10.2. The molecule has 0 radical (unpaired) electrons. The molecule has 1 saturated heterocycles. The predicted octanol–water partition coefficient (Wildman–Crippen LogP) is 1.28. The van der Waals surface area contributed by atoms with Gasteiger partial charge in [-0.25, -0.2) is 8.42 Å². The van der Waals surface area contributed by atoms with Crippen molar-refractivity contribution in [1.29, 1.82) is 5.26 Å². The molecule has 6 heteroatoms. The molecule has 1 aromatic carbocycles. The third-order valence-corrected chi connectivity index (χ3v) is 5.37. The van der Waals surface area contributed by atoms with Crippen LogP contribution in [0.2, 0.25) is 0 Å². The lowest BCUT2D eigenvalue weighted by Gasteiger charge is -2.32. The summed E-state index contributed by atoms with van der Waals surface area (Å²) in [5, 5.41) is 8.90. The van der Waals surface area contributed by atoms with E-state index in [1.165, 1.54) is 10.4 Å². The van der Waals surface area contributed by atoms with Crippen molar-refractivity contribution in [3.05, 3.63) is 29.3 Å². The summed E-state index contributed by atoms with van der Waals surface area (Å²) in [5.41, 5.74) is 1.00. The molecule has 0 spiro atoms. The Morgan fingerprint density at radius 1 is 1.47 bits per heavy atom. The standard InChI is InChI=1S/C13H16N2O3S/c1-10-3-4-12(8-14)7-13(10)19(16,17)15-5-6-18-9-11(15)2/h3-4,7,11H,5-6,9H2,1-2H3. The molecule has 0 N–H and O–H groups in total. The Balaban J connectivity index is 2.47. The molecule has 1 aliphatic rings. The van der Waals surface area contributed by atoms with E-state index in [1.54, 1.807) is 19.1 Å². The van der Waals surface area contributed by atoms with Crippen molar-refractivity contribution in [3.63, 3.8) is 0 Å². The van der Waals surface area contributed by atoms with Gasteiger partial charge < -0.3 is 4.74 Å². The second-order valence-corrected chi connectivity index (χ2v) is 6.49. The maximum Gasteiger partial charge on any atom is 0.243 e. The number of benzene rings is 1. The summed E-state index contributed by atoms with van der Waals surface area (Å²) in [6.45, 7) is 4.70. The van der Waals surface area contributed by atoms with E-state index < -0.39 is 10.0 Å². The number of aryl methyl sites for hydroxylation is 1. The highest BCUT2D eigenvalue weighted by molar-refractivity contribution is 7.89. The van der Waals surface area contributed by atoms with Crippen molar-refractivity contribution in [3.8, 4) is 6.07 Å². The maximum atomic E-state index is 12.6. The molecule has 1 aliphatic heterocycles. The quantitative estimate of drug-likeness (QED) is 0.818. The van der Waals surface area contributed by atoms with Crippen LogP contribution in [-0.4, -0.2) is 38.5 Å². The molecule has 0 bridgehead atoms. The first-order valence-electron chi connectivity index (χ1n) is 6.07. The lowest BCUT2D eigenvalue weighted by molar-refractivity contribution is 0.0392. The minimum Gasteiger partial charge on any atom is -0.378 e. The summed E-state index contributed by atoms with van der Waals surface area (Å²) in [7, 11) is -3.57. The Labute approximate surface area is 113 Å². The first-order chi connectivity index (χ1) is 8.96. The average Bonchev–Trinajstić information content (AvgIpc) is 2.39. The highest BCUT2D eigenvalue weighted by atomic mass is 32.2. The third-order valence-electron chi connectivity index (χ3n) is 3.21. The van der Waals surface area contributed by atoms with Gasteiger partial charge in [0, 0.05) is 12.6 Å². The van der Waals surface area contributed by atoms with E-state index in [2.05, 4.69) is 0 Å². The average molecular weight is 280 g/mol. The van der Waals surface area contributed by atoms with Crippen LogP contribution >= 0.6 is 0 Å². The van der Waals surface area contributed by atoms with Gasteiger partial charge in [0.05, 0.1) is 29.7 Å². The van der Waals surface area contributed by atoms with Crippen molar-refractivity contribution in [2.45, 2.75) is 24.8 Å². The van der Waals surface area contributed by atoms with Gasteiger partial charge in [0.1, 0.15) is 0 Å². The van der Waals surface area contributed by atoms with Crippen LogP contribution in [0.1, 0.15) is 18.1 Å². The van der Waals surface area contributed by atoms with Crippen LogP contribution in [0.4, 0.5) is 0 Å². The molecule has 2 rings (SSSR count). The summed E-state index contributed by atoms with van der Waals surface area (Å²) in [6.07, 6.45) is 0. The van der Waals surface area contributed by atoms with Gasteiger partial charge in [0.15, 0.2) is 0 Å². The maximum absolute atomic E-state index is 12.6. The van der Waals surface area contributed by atoms with Crippen molar-refractivity contribution in [2.24, 2.45) is 0 Å². The first-order valence-corrected chi connectivity index (χ1v) is 7.51. The number of hydrogen-bond acceptors (Lipinski definition) is 4. The highest BCUT2D eigenvalue weighted by Gasteiger charge is 2.32. The molecule has 1 heterocycles. The fourth-order valence-corrected chi connectivity index (χ4v) is 4.00. The Bertz CT molecular complexity index is 619. The number of nitriles is 1. The van der Waals surface area contributed by atoms with Gasteiger partial charge in [-0.3, -0.25) is 0 Å². The van der Waals surface area contributed by atoms with Crippen molar-refractivity contribution in [1.82, 2.24) is 4.31 Å². The van der Waals surface area contributed by atoms with Crippen LogP contribution < -0.4 is 0 Å². The molecule has 0 amide bonds. The summed E-state index contributed by atoms with van der Waals surface area (Å²) in [6, 6.07) is 6.51. The monoisotopic (exact) mass is 280 g/mol. The van der Waals surface area contributed by atoms with Gasteiger partial charge in [0.25, 0.3) is 0 Å². The molecule has 5 nitrogen and oxygen atoms in total. The SMILES string of the molecule is Cc1ccc(C#N)cc1S(=O)(=O)N1CCOCC1C. The zero-order chi connectivity index (χ0) is 14.0. The summed E-state index contributed by atoms with van der Waals surface area (Å²) < 4.78 is 32.0. The van der Waals surface area contributed by atoms with Crippen LogP contribution in [0.3, 0.4) is 0 Å². The fraction of sp³-hybridized carbons (Fsp3) is 0.462. The van der Waals surface area contributed by atoms with Gasteiger partial charge in [-0.15, -0.1) is 0 Å². The molecular weight excluding hydrogens is 264 g/mol. The van der Waals surface area contributed by atoms with Crippen LogP contribution in [0.5, 0.6) is 0 Å². The number of morpholine rings is 1. The second-order valence-electron chi connectivity index (χ2n) is 4.63. The van der Waals surface area contributed by atoms with E-state index in [4.69, 9.17) is 10.00 Å². The Hall–Kier alpha value is -1.42. The van der Waals surface area contributed by atoms with E-state index in [1.807, 2.05) is 13.0 Å². The van der Waals surface area contributed by atoms with E-state index in [-0.39, 0.29) is 10.9 Å². The molecule has 0 aliphatic carbocycles. The molecule has 102 valence electrons. The number of sulfonamides is 1. The molecule has 1 fully saturated rings. The van der Waals surface area contributed by atoms with E-state index in [0.717, 1.165) is 0 Å².